The number of nitrogens with one attached hydrogen (secondary N) is 1. The van der Waals surface area contributed by atoms with Gasteiger partial charge < -0.3 is 10.4 Å². The number of thiazole rings is 1. The summed E-state index contributed by atoms with van der Waals surface area (Å²) in [4.78, 5) is 14.9. The predicted octanol–water partition coefficient (Wildman–Crippen LogP) is 3.22. The fourth-order valence-electron chi connectivity index (χ4n) is 2.42. The molecule has 1 aromatic rings. The maximum absolute atomic E-state index is 11.0. The van der Waals surface area contributed by atoms with Crippen molar-refractivity contribution < 1.29 is 9.90 Å². The summed E-state index contributed by atoms with van der Waals surface area (Å²) in [6.45, 7) is 4.48. The number of nitrogens with zero attached hydrogens (tertiary/aromatic N) is 1. The van der Waals surface area contributed by atoms with Crippen LogP contribution in [0.3, 0.4) is 0 Å². The third-order valence-corrected chi connectivity index (χ3v) is 4.34. The molecule has 0 saturated heterocycles. The lowest BCUT2D eigenvalue weighted by Gasteiger charge is -2.39. The van der Waals surface area contributed by atoms with Gasteiger partial charge in [-0.15, -0.1) is 11.3 Å². The van der Waals surface area contributed by atoms with Crippen LogP contribution in [0.2, 0.25) is 0 Å². The first-order valence-electron chi connectivity index (χ1n) is 5.94. The molecule has 4 nitrogen and oxygen atoms in total. The average Bonchev–Trinajstić information content (AvgIpc) is 2.69. The summed E-state index contributed by atoms with van der Waals surface area (Å²) >= 11 is 1.37. The monoisotopic (exact) mass is 254 g/mol. The fraction of sp³-hybridized carbons (Fsp3) is 0.667. The lowest BCUT2D eigenvalue weighted by atomic mass is 9.73. The summed E-state index contributed by atoms with van der Waals surface area (Å²) in [5.74, 6) is -0.956. The molecule has 1 aliphatic rings. The van der Waals surface area contributed by atoms with Crippen LogP contribution in [0.5, 0.6) is 0 Å². The summed E-state index contributed by atoms with van der Waals surface area (Å²) < 4.78 is 0. The zero-order chi connectivity index (χ0) is 12.5. The second-order valence-electron chi connectivity index (χ2n) is 5.27. The number of carboxylic acids is 1. The smallest absolute Gasteiger partial charge is 0.357 e. The minimum absolute atomic E-state index is 0.149. The molecule has 1 aliphatic carbocycles. The van der Waals surface area contributed by atoms with Crippen LogP contribution in [0.4, 0.5) is 5.00 Å². The Balaban J connectivity index is 2.14. The van der Waals surface area contributed by atoms with Crippen LogP contribution in [-0.4, -0.2) is 22.1 Å². The normalized spacial score (nSPS) is 23.3. The van der Waals surface area contributed by atoms with Crippen molar-refractivity contribution in [1.82, 2.24) is 4.98 Å². The zero-order valence-electron chi connectivity index (χ0n) is 10.2. The van der Waals surface area contributed by atoms with E-state index in [1.165, 1.54) is 30.6 Å². The Bertz CT molecular complexity index is 414. The van der Waals surface area contributed by atoms with Gasteiger partial charge in [-0.2, -0.15) is 0 Å². The highest BCUT2D eigenvalue weighted by atomic mass is 32.1. The molecule has 2 rings (SSSR count). The quantitative estimate of drug-likeness (QED) is 0.869. The second-order valence-corrected chi connectivity index (χ2v) is 6.12. The third kappa shape index (κ3) is 2.60. The van der Waals surface area contributed by atoms with Crippen molar-refractivity contribution in [1.29, 1.82) is 0 Å². The lowest BCUT2D eigenvalue weighted by molar-refractivity contribution is 0.0692. The average molecular weight is 254 g/mol. The van der Waals surface area contributed by atoms with Crippen LogP contribution < -0.4 is 5.32 Å². The molecule has 94 valence electrons. The Morgan fingerprint density at radius 3 is 3.00 bits per heavy atom. The molecule has 1 aromatic heterocycles. The van der Waals surface area contributed by atoms with Crippen LogP contribution >= 0.6 is 11.3 Å². The van der Waals surface area contributed by atoms with Crippen molar-refractivity contribution in [3.63, 3.8) is 0 Å². The number of carboxylic acid groups (broad SMARTS) is 1. The van der Waals surface area contributed by atoms with Crippen molar-refractivity contribution in [2.24, 2.45) is 5.41 Å². The molecule has 0 amide bonds. The highest BCUT2D eigenvalue weighted by molar-refractivity contribution is 7.14. The molecule has 1 unspecified atom stereocenters. The third-order valence-electron chi connectivity index (χ3n) is 3.58. The van der Waals surface area contributed by atoms with Crippen molar-refractivity contribution in [3.8, 4) is 0 Å². The van der Waals surface area contributed by atoms with E-state index in [2.05, 4.69) is 24.1 Å². The van der Waals surface area contributed by atoms with Gasteiger partial charge in [0.2, 0.25) is 0 Å². The van der Waals surface area contributed by atoms with Gasteiger partial charge >= 0.3 is 5.97 Å². The first-order valence-corrected chi connectivity index (χ1v) is 6.82. The van der Waals surface area contributed by atoms with Gasteiger partial charge in [0.15, 0.2) is 5.69 Å². The predicted molar refractivity (Wildman–Crippen MR) is 68.7 cm³/mol. The number of hydrogen-bond acceptors (Lipinski definition) is 4. The van der Waals surface area contributed by atoms with E-state index in [0.29, 0.717) is 11.0 Å². The Kier molecular flexibility index (Phi) is 3.38. The SMILES string of the molecule is CC1(C)CCCCC1Nc1scnc1C(=O)O. The largest absolute Gasteiger partial charge is 0.476 e. The number of hydrogen-bond donors (Lipinski definition) is 2. The van der Waals surface area contributed by atoms with Crippen LogP contribution in [0.1, 0.15) is 50.0 Å². The molecule has 0 spiro atoms. The van der Waals surface area contributed by atoms with Gasteiger partial charge in [0.25, 0.3) is 0 Å². The molecule has 0 aromatic carbocycles. The Morgan fingerprint density at radius 1 is 1.59 bits per heavy atom. The summed E-state index contributed by atoms with van der Waals surface area (Å²) in [6.07, 6.45) is 4.76. The number of carbonyl (C=O) groups is 1. The van der Waals surface area contributed by atoms with E-state index in [0.717, 1.165) is 6.42 Å². The highest BCUT2D eigenvalue weighted by Crippen LogP contribution is 2.38. The van der Waals surface area contributed by atoms with Crippen molar-refractivity contribution in [3.05, 3.63) is 11.2 Å². The van der Waals surface area contributed by atoms with Gasteiger partial charge in [-0.3, -0.25) is 0 Å². The van der Waals surface area contributed by atoms with Crippen LogP contribution in [0, 0.1) is 5.41 Å². The molecular formula is C12H18N2O2S. The van der Waals surface area contributed by atoms with E-state index >= 15 is 0 Å². The van der Waals surface area contributed by atoms with Gasteiger partial charge in [-0.05, 0) is 18.3 Å². The first kappa shape index (κ1) is 12.4. The first-order chi connectivity index (χ1) is 8.00. The van der Waals surface area contributed by atoms with Gasteiger partial charge in [0.1, 0.15) is 5.00 Å². The van der Waals surface area contributed by atoms with Gasteiger partial charge in [0, 0.05) is 6.04 Å². The van der Waals surface area contributed by atoms with E-state index in [-0.39, 0.29) is 11.1 Å². The zero-order valence-corrected chi connectivity index (χ0v) is 11.0. The van der Waals surface area contributed by atoms with Gasteiger partial charge in [-0.25, -0.2) is 9.78 Å². The highest BCUT2D eigenvalue weighted by Gasteiger charge is 2.33. The molecule has 1 saturated carbocycles. The fourth-order valence-corrected chi connectivity index (χ4v) is 3.15. The van der Waals surface area contributed by atoms with Gasteiger partial charge in [0.05, 0.1) is 5.51 Å². The number of rotatable bonds is 3. The molecule has 17 heavy (non-hydrogen) atoms. The number of anilines is 1. The molecule has 1 heterocycles. The molecule has 0 aliphatic heterocycles. The molecule has 5 heteroatoms. The number of aromatic nitrogens is 1. The topological polar surface area (TPSA) is 62.2 Å². The molecular weight excluding hydrogens is 236 g/mol. The van der Waals surface area contributed by atoms with E-state index < -0.39 is 5.97 Å². The summed E-state index contributed by atoms with van der Waals surface area (Å²) in [5.41, 5.74) is 1.95. The van der Waals surface area contributed by atoms with Crippen molar-refractivity contribution in [2.75, 3.05) is 5.32 Å². The van der Waals surface area contributed by atoms with Crippen LogP contribution in [0.15, 0.2) is 5.51 Å². The van der Waals surface area contributed by atoms with Crippen molar-refractivity contribution >= 4 is 22.3 Å². The Labute approximate surface area is 105 Å². The summed E-state index contributed by atoms with van der Waals surface area (Å²) in [5, 5.41) is 13.1. The summed E-state index contributed by atoms with van der Waals surface area (Å²) in [6, 6.07) is 0.342. The number of aromatic carboxylic acids is 1. The molecule has 2 N–H and O–H groups in total. The minimum Gasteiger partial charge on any atom is -0.476 e. The minimum atomic E-state index is -0.956. The maximum atomic E-state index is 11.0. The second kappa shape index (κ2) is 4.64. The Morgan fingerprint density at radius 2 is 2.35 bits per heavy atom. The lowest BCUT2D eigenvalue weighted by Crippen LogP contribution is -2.39. The maximum Gasteiger partial charge on any atom is 0.357 e. The van der Waals surface area contributed by atoms with E-state index in [9.17, 15) is 4.79 Å². The van der Waals surface area contributed by atoms with Gasteiger partial charge in [-0.1, -0.05) is 26.7 Å². The molecule has 0 bridgehead atoms. The molecule has 1 atom stereocenters. The molecule has 1 fully saturated rings. The van der Waals surface area contributed by atoms with E-state index in [1.807, 2.05) is 0 Å². The van der Waals surface area contributed by atoms with E-state index in [4.69, 9.17) is 5.11 Å². The van der Waals surface area contributed by atoms with Crippen molar-refractivity contribution in [2.45, 2.75) is 45.6 Å². The molecule has 0 radical (unpaired) electrons. The van der Waals surface area contributed by atoms with E-state index in [1.54, 1.807) is 5.51 Å². The standard InChI is InChI=1S/C12H18N2O2S/c1-12(2)6-4-3-5-8(12)14-10-9(11(15)16)13-7-17-10/h7-8,14H,3-6H2,1-2H3,(H,15,16). The summed E-state index contributed by atoms with van der Waals surface area (Å²) in [7, 11) is 0. The van der Waals surface area contributed by atoms with Crippen LogP contribution in [0.25, 0.3) is 0 Å². The van der Waals surface area contributed by atoms with Crippen LogP contribution in [-0.2, 0) is 0 Å². The Hall–Kier alpha value is -1.10.